The quantitative estimate of drug-likeness (QED) is 0.567. The normalized spacial score (nSPS) is 17.1. The van der Waals surface area contributed by atoms with E-state index in [1.54, 1.807) is 0 Å². The maximum Gasteiger partial charge on any atom is 0.235 e. The van der Waals surface area contributed by atoms with Crippen LogP contribution in [0, 0.1) is 10.1 Å². The lowest BCUT2D eigenvalue weighted by molar-refractivity contribution is -0.400. The monoisotopic (exact) mass is 219 g/mol. The van der Waals surface area contributed by atoms with Crippen molar-refractivity contribution in [3.8, 4) is 5.75 Å². The maximum absolute atomic E-state index is 10.3. The van der Waals surface area contributed by atoms with E-state index in [0.29, 0.717) is 0 Å². The van der Waals surface area contributed by atoms with Crippen molar-refractivity contribution in [2.24, 2.45) is 0 Å². The molecule has 0 saturated heterocycles. The molecule has 1 aliphatic heterocycles. The summed E-state index contributed by atoms with van der Waals surface area (Å²) in [5, 5.41) is 10.3. The van der Waals surface area contributed by atoms with Crippen LogP contribution in [0.2, 0.25) is 0 Å². The number of para-hydroxylation sites is 1. The third-order valence-electron chi connectivity index (χ3n) is 2.50. The third-order valence-corrected chi connectivity index (χ3v) is 2.50. The highest BCUT2D eigenvalue weighted by Gasteiger charge is 2.31. The van der Waals surface area contributed by atoms with Gasteiger partial charge in [-0.3, -0.25) is 10.1 Å². The number of benzene rings is 1. The Bertz CT molecular complexity index is 463. The van der Waals surface area contributed by atoms with Gasteiger partial charge in [0.1, 0.15) is 11.4 Å². The molecule has 1 aliphatic rings. The molecule has 1 heterocycles. The predicted molar refractivity (Wildman–Crippen MR) is 60.9 cm³/mol. The molecule has 0 spiro atoms. The fraction of sp³-hybridized carbons (Fsp3) is 0.333. The summed E-state index contributed by atoms with van der Waals surface area (Å²) in [5.41, 5.74) is 1.65. The van der Waals surface area contributed by atoms with Crippen LogP contribution in [0.1, 0.15) is 25.0 Å². The molecule has 0 amide bonds. The topological polar surface area (TPSA) is 52.4 Å². The molecule has 1 aromatic rings. The third kappa shape index (κ3) is 2.05. The van der Waals surface area contributed by atoms with E-state index >= 15 is 0 Å². The van der Waals surface area contributed by atoms with E-state index in [-0.39, 0.29) is 5.60 Å². The molecule has 16 heavy (non-hydrogen) atoms. The summed E-state index contributed by atoms with van der Waals surface area (Å²) < 4.78 is 5.78. The maximum atomic E-state index is 10.3. The summed E-state index contributed by atoms with van der Waals surface area (Å²) in [6.07, 6.45) is 3.24. The molecule has 0 N–H and O–H groups in total. The first-order chi connectivity index (χ1) is 7.48. The highest BCUT2D eigenvalue weighted by Crippen LogP contribution is 2.37. The second-order valence-corrected chi connectivity index (χ2v) is 4.48. The van der Waals surface area contributed by atoms with Gasteiger partial charge in [0.25, 0.3) is 0 Å². The minimum absolute atomic E-state index is 0.221. The van der Waals surface area contributed by atoms with E-state index < -0.39 is 4.92 Å². The summed E-state index contributed by atoms with van der Waals surface area (Å²) in [6.45, 7) is 4.02. The first kappa shape index (κ1) is 10.7. The summed E-state index contributed by atoms with van der Waals surface area (Å²) in [5.74, 6) is 0.769. The summed E-state index contributed by atoms with van der Waals surface area (Å²) >= 11 is 0. The molecule has 0 saturated carbocycles. The van der Waals surface area contributed by atoms with Crippen LogP contribution in [0.25, 0.3) is 6.08 Å². The van der Waals surface area contributed by atoms with Crippen LogP contribution < -0.4 is 4.74 Å². The SMILES string of the molecule is CC1(C)Cc2cccc(C=C[N+](=O)[O-])c2O1. The van der Waals surface area contributed by atoms with E-state index in [2.05, 4.69) is 0 Å². The standard InChI is InChI=1S/C12H13NO3/c1-12(2)8-10-5-3-4-9(11(10)16-12)6-7-13(14)15/h3-7H,8H2,1-2H3. The van der Waals surface area contributed by atoms with Gasteiger partial charge >= 0.3 is 0 Å². The lowest BCUT2D eigenvalue weighted by Gasteiger charge is -2.17. The average molecular weight is 219 g/mol. The Morgan fingerprint density at radius 1 is 1.50 bits per heavy atom. The van der Waals surface area contributed by atoms with Crippen molar-refractivity contribution in [3.05, 3.63) is 45.6 Å². The van der Waals surface area contributed by atoms with Crippen LogP contribution in [0.3, 0.4) is 0 Å². The summed E-state index contributed by atoms with van der Waals surface area (Å²) in [4.78, 5) is 9.81. The largest absolute Gasteiger partial charge is 0.487 e. The van der Waals surface area contributed by atoms with Crippen LogP contribution in [-0.2, 0) is 6.42 Å². The number of hydrogen-bond acceptors (Lipinski definition) is 3. The fourth-order valence-corrected chi connectivity index (χ4v) is 1.91. The van der Waals surface area contributed by atoms with Crippen molar-refractivity contribution in [1.82, 2.24) is 0 Å². The van der Waals surface area contributed by atoms with Crippen LogP contribution in [0.4, 0.5) is 0 Å². The number of hydrogen-bond donors (Lipinski definition) is 0. The molecular formula is C12H13NO3. The highest BCUT2D eigenvalue weighted by atomic mass is 16.6. The first-order valence-electron chi connectivity index (χ1n) is 5.10. The molecule has 84 valence electrons. The van der Waals surface area contributed by atoms with Crippen molar-refractivity contribution in [3.63, 3.8) is 0 Å². The minimum Gasteiger partial charge on any atom is -0.487 e. The second-order valence-electron chi connectivity index (χ2n) is 4.48. The molecule has 1 aromatic carbocycles. The van der Waals surface area contributed by atoms with Gasteiger partial charge in [-0.1, -0.05) is 18.2 Å². The number of nitro groups is 1. The van der Waals surface area contributed by atoms with Crippen LogP contribution in [0.5, 0.6) is 5.75 Å². The van der Waals surface area contributed by atoms with Crippen molar-refractivity contribution in [2.75, 3.05) is 0 Å². The molecule has 2 rings (SSSR count). The van der Waals surface area contributed by atoms with Gasteiger partial charge in [-0.2, -0.15) is 0 Å². The molecule has 4 heteroatoms. The molecule has 0 radical (unpaired) electrons. The second kappa shape index (κ2) is 3.63. The van der Waals surface area contributed by atoms with Crippen molar-refractivity contribution < 1.29 is 9.66 Å². The smallest absolute Gasteiger partial charge is 0.235 e. The first-order valence-corrected chi connectivity index (χ1v) is 5.10. The van der Waals surface area contributed by atoms with E-state index in [1.165, 1.54) is 6.08 Å². The zero-order valence-corrected chi connectivity index (χ0v) is 9.27. The predicted octanol–water partition coefficient (Wildman–Crippen LogP) is 2.65. The van der Waals surface area contributed by atoms with Gasteiger partial charge in [-0.15, -0.1) is 0 Å². The van der Waals surface area contributed by atoms with E-state index in [0.717, 1.165) is 29.5 Å². The number of fused-ring (bicyclic) bond motifs is 1. The van der Waals surface area contributed by atoms with Crippen LogP contribution in [-0.4, -0.2) is 10.5 Å². The zero-order valence-electron chi connectivity index (χ0n) is 9.27. The van der Waals surface area contributed by atoms with Gasteiger partial charge in [-0.25, -0.2) is 0 Å². The van der Waals surface area contributed by atoms with Gasteiger partial charge < -0.3 is 4.74 Å². The molecule has 0 aliphatic carbocycles. The highest BCUT2D eigenvalue weighted by molar-refractivity contribution is 5.61. The lowest BCUT2D eigenvalue weighted by Crippen LogP contribution is -2.24. The molecule has 4 nitrogen and oxygen atoms in total. The van der Waals surface area contributed by atoms with E-state index in [4.69, 9.17) is 4.74 Å². The Balaban J connectivity index is 2.37. The van der Waals surface area contributed by atoms with Gasteiger partial charge in [0.05, 0.1) is 4.92 Å². The lowest BCUT2D eigenvalue weighted by atomic mass is 10.0. The summed E-state index contributed by atoms with van der Waals surface area (Å²) in [7, 11) is 0. The fourth-order valence-electron chi connectivity index (χ4n) is 1.91. The summed E-state index contributed by atoms with van der Waals surface area (Å²) in [6, 6.07) is 5.71. The Kier molecular flexibility index (Phi) is 2.42. The zero-order chi connectivity index (χ0) is 11.8. The van der Waals surface area contributed by atoms with E-state index in [1.807, 2.05) is 32.0 Å². The molecule has 0 bridgehead atoms. The molecular weight excluding hydrogens is 206 g/mol. The van der Waals surface area contributed by atoms with Gasteiger partial charge in [0, 0.05) is 18.1 Å². The Hall–Kier alpha value is -1.84. The van der Waals surface area contributed by atoms with Crippen LogP contribution in [0.15, 0.2) is 24.4 Å². The van der Waals surface area contributed by atoms with Gasteiger partial charge in [0.2, 0.25) is 6.20 Å². The van der Waals surface area contributed by atoms with Crippen molar-refractivity contribution in [1.29, 1.82) is 0 Å². The van der Waals surface area contributed by atoms with Crippen molar-refractivity contribution in [2.45, 2.75) is 25.9 Å². The molecule has 0 fully saturated rings. The van der Waals surface area contributed by atoms with Crippen molar-refractivity contribution >= 4 is 6.08 Å². The molecule has 0 atom stereocenters. The van der Waals surface area contributed by atoms with Crippen LogP contribution >= 0.6 is 0 Å². The number of nitrogens with zero attached hydrogens (tertiary/aromatic N) is 1. The van der Waals surface area contributed by atoms with Gasteiger partial charge in [0.15, 0.2) is 0 Å². The average Bonchev–Trinajstić information content (AvgIpc) is 2.48. The minimum atomic E-state index is -0.473. The molecule has 0 unspecified atom stereocenters. The molecule has 0 aromatic heterocycles. The van der Waals surface area contributed by atoms with E-state index in [9.17, 15) is 10.1 Å². The van der Waals surface area contributed by atoms with Gasteiger partial charge in [-0.05, 0) is 19.4 Å². The Morgan fingerprint density at radius 2 is 2.25 bits per heavy atom. The Morgan fingerprint density at radius 3 is 2.94 bits per heavy atom. The number of ether oxygens (including phenoxy) is 1. The number of rotatable bonds is 2. The Labute approximate surface area is 93.7 Å².